The SMILES string of the molecule is CCOc1cc2c(cc1OC)CCN(C(=O)N1CCOCC1)C2CCc1c[nH]c2c(CC)cccc12. The molecule has 5 rings (SSSR count). The number of hydrogen-bond acceptors (Lipinski definition) is 4. The maximum absolute atomic E-state index is 13.7. The third kappa shape index (κ3) is 4.64. The molecule has 1 fully saturated rings. The van der Waals surface area contributed by atoms with Crippen LogP contribution < -0.4 is 9.47 Å². The number of urea groups is 1. The number of carbonyl (C=O) groups is 1. The Morgan fingerprint density at radius 3 is 2.69 bits per heavy atom. The largest absolute Gasteiger partial charge is 0.493 e. The second-order valence-electron chi connectivity index (χ2n) is 9.52. The quantitative estimate of drug-likeness (QED) is 0.498. The second kappa shape index (κ2) is 10.8. The molecule has 36 heavy (non-hydrogen) atoms. The van der Waals surface area contributed by atoms with Crippen LogP contribution in [0.5, 0.6) is 11.5 Å². The van der Waals surface area contributed by atoms with Gasteiger partial charge in [0.15, 0.2) is 11.5 Å². The van der Waals surface area contributed by atoms with Crippen LogP contribution in [0.3, 0.4) is 0 Å². The Morgan fingerprint density at radius 2 is 1.94 bits per heavy atom. The van der Waals surface area contributed by atoms with Gasteiger partial charge in [-0.15, -0.1) is 0 Å². The van der Waals surface area contributed by atoms with E-state index in [0.717, 1.165) is 37.2 Å². The van der Waals surface area contributed by atoms with Crippen molar-refractivity contribution in [1.29, 1.82) is 0 Å². The average molecular weight is 492 g/mol. The molecule has 0 saturated carbocycles. The molecule has 1 N–H and O–H groups in total. The summed E-state index contributed by atoms with van der Waals surface area (Å²) in [6.07, 6.45) is 5.65. The van der Waals surface area contributed by atoms with Crippen LogP contribution in [0.2, 0.25) is 0 Å². The number of hydrogen-bond donors (Lipinski definition) is 1. The molecule has 2 aromatic carbocycles. The smallest absolute Gasteiger partial charge is 0.320 e. The van der Waals surface area contributed by atoms with Crippen molar-refractivity contribution in [1.82, 2.24) is 14.8 Å². The van der Waals surface area contributed by atoms with Gasteiger partial charge in [0.2, 0.25) is 0 Å². The summed E-state index contributed by atoms with van der Waals surface area (Å²) in [5.74, 6) is 1.50. The van der Waals surface area contributed by atoms with E-state index < -0.39 is 0 Å². The summed E-state index contributed by atoms with van der Waals surface area (Å²) in [7, 11) is 1.68. The van der Waals surface area contributed by atoms with Crippen LogP contribution in [0.15, 0.2) is 36.5 Å². The highest BCUT2D eigenvalue weighted by atomic mass is 16.5. The minimum Gasteiger partial charge on any atom is -0.493 e. The topological polar surface area (TPSA) is 67.0 Å². The normalized spacial score (nSPS) is 17.8. The maximum Gasteiger partial charge on any atom is 0.320 e. The van der Waals surface area contributed by atoms with Gasteiger partial charge in [-0.05, 0) is 67.0 Å². The number of aryl methyl sites for hydroxylation is 2. The summed E-state index contributed by atoms with van der Waals surface area (Å²) in [6, 6.07) is 10.8. The summed E-state index contributed by atoms with van der Waals surface area (Å²) < 4.78 is 17.1. The fourth-order valence-corrected chi connectivity index (χ4v) is 5.68. The zero-order valence-corrected chi connectivity index (χ0v) is 21.6. The van der Waals surface area contributed by atoms with Crippen molar-refractivity contribution in [3.05, 3.63) is 58.8 Å². The maximum atomic E-state index is 13.7. The van der Waals surface area contributed by atoms with Crippen LogP contribution in [-0.4, -0.2) is 67.4 Å². The van der Waals surface area contributed by atoms with Crippen molar-refractivity contribution in [2.75, 3.05) is 46.6 Å². The van der Waals surface area contributed by atoms with E-state index in [1.54, 1.807) is 7.11 Å². The molecule has 0 radical (unpaired) electrons. The Hall–Kier alpha value is -3.19. The molecular formula is C29H37N3O4. The number of nitrogens with zero attached hydrogens (tertiary/aromatic N) is 2. The van der Waals surface area contributed by atoms with E-state index in [4.69, 9.17) is 14.2 Å². The molecule has 7 heteroatoms. The third-order valence-electron chi connectivity index (χ3n) is 7.57. The molecule has 0 aliphatic carbocycles. The molecule has 2 amide bonds. The van der Waals surface area contributed by atoms with E-state index in [-0.39, 0.29) is 12.1 Å². The molecule has 1 saturated heterocycles. The number of H-pyrrole nitrogens is 1. The van der Waals surface area contributed by atoms with Gasteiger partial charge < -0.3 is 29.0 Å². The lowest BCUT2D eigenvalue weighted by Gasteiger charge is -2.41. The molecule has 1 atom stereocenters. The average Bonchev–Trinajstić information content (AvgIpc) is 3.34. The van der Waals surface area contributed by atoms with Crippen LogP contribution in [-0.2, 0) is 24.0 Å². The zero-order chi connectivity index (χ0) is 25.1. The minimum absolute atomic E-state index is 0.0338. The monoisotopic (exact) mass is 491 g/mol. The predicted molar refractivity (Wildman–Crippen MR) is 141 cm³/mol. The van der Waals surface area contributed by atoms with Crippen molar-refractivity contribution in [3.63, 3.8) is 0 Å². The molecule has 2 aliphatic heterocycles. The Balaban J connectivity index is 1.49. The number of para-hydroxylation sites is 1. The minimum atomic E-state index is -0.0338. The fraction of sp³-hybridized carbons (Fsp3) is 0.483. The summed E-state index contributed by atoms with van der Waals surface area (Å²) in [6.45, 7) is 7.90. The number of rotatable bonds is 7. The lowest BCUT2D eigenvalue weighted by Crippen LogP contribution is -2.51. The number of aromatic amines is 1. The van der Waals surface area contributed by atoms with Gasteiger partial charge in [0, 0.05) is 36.7 Å². The van der Waals surface area contributed by atoms with Gasteiger partial charge in [-0.2, -0.15) is 0 Å². The van der Waals surface area contributed by atoms with E-state index in [9.17, 15) is 4.79 Å². The fourth-order valence-electron chi connectivity index (χ4n) is 5.68. The molecule has 0 spiro atoms. The lowest BCUT2D eigenvalue weighted by molar-refractivity contribution is 0.0376. The van der Waals surface area contributed by atoms with Gasteiger partial charge in [-0.3, -0.25) is 0 Å². The lowest BCUT2D eigenvalue weighted by atomic mass is 9.88. The molecule has 3 heterocycles. The Labute approximate surface area is 213 Å². The summed E-state index contributed by atoms with van der Waals surface area (Å²) in [4.78, 5) is 21.2. The van der Waals surface area contributed by atoms with Crippen molar-refractivity contribution in [2.45, 2.75) is 45.6 Å². The highest BCUT2D eigenvalue weighted by molar-refractivity contribution is 5.86. The number of benzene rings is 2. The van der Waals surface area contributed by atoms with Gasteiger partial charge in [-0.1, -0.05) is 25.1 Å². The number of fused-ring (bicyclic) bond motifs is 2. The molecule has 1 unspecified atom stereocenters. The van der Waals surface area contributed by atoms with Crippen LogP contribution in [0.1, 0.15) is 48.6 Å². The number of methoxy groups -OCH3 is 1. The molecule has 192 valence electrons. The van der Waals surface area contributed by atoms with E-state index in [2.05, 4.69) is 53.3 Å². The van der Waals surface area contributed by atoms with Crippen LogP contribution >= 0.6 is 0 Å². The molecule has 1 aromatic heterocycles. The molecule has 2 aliphatic rings. The van der Waals surface area contributed by atoms with Gasteiger partial charge in [0.05, 0.1) is 33.0 Å². The Morgan fingerprint density at radius 1 is 1.11 bits per heavy atom. The van der Waals surface area contributed by atoms with Crippen LogP contribution in [0, 0.1) is 0 Å². The van der Waals surface area contributed by atoms with Crippen molar-refractivity contribution in [3.8, 4) is 11.5 Å². The number of morpholine rings is 1. The second-order valence-corrected chi connectivity index (χ2v) is 9.52. The number of carbonyl (C=O) groups excluding carboxylic acids is 1. The van der Waals surface area contributed by atoms with Crippen LogP contribution in [0.25, 0.3) is 10.9 Å². The molecular weight excluding hydrogens is 454 g/mol. The first-order chi connectivity index (χ1) is 17.6. The van der Waals surface area contributed by atoms with E-state index in [0.29, 0.717) is 39.5 Å². The molecule has 3 aromatic rings. The highest BCUT2D eigenvalue weighted by Crippen LogP contribution is 2.41. The summed E-state index contributed by atoms with van der Waals surface area (Å²) >= 11 is 0. The first-order valence-electron chi connectivity index (χ1n) is 13.2. The number of nitrogens with one attached hydrogen (secondary N) is 1. The van der Waals surface area contributed by atoms with Gasteiger partial charge in [0.1, 0.15) is 0 Å². The summed E-state index contributed by atoms with van der Waals surface area (Å²) in [5, 5.41) is 1.28. The van der Waals surface area contributed by atoms with E-state index in [1.807, 2.05) is 11.8 Å². The van der Waals surface area contributed by atoms with Crippen LogP contribution in [0.4, 0.5) is 4.79 Å². The van der Waals surface area contributed by atoms with Crippen molar-refractivity contribution in [2.24, 2.45) is 0 Å². The van der Waals surface area contributed by atoms with Gasteiger partial charge in [0.25, 0.3) is 0 Å². The molecule has 0 bridgehead atoms. The number of ether oxygens (including phenoxy) is 3. The van der Waals surface area contributed by atoms with Gasteiger partial charge >= 0.3 is 6.03 Å². The standard InChI is InChI=1S/C29H37N3O4/c1-4-20-7-6-8-23-22(19-30-28(20)23)9-10-25-24-18-27(36-5-2)26(34-3)17-21(24)11-12-32(25)29(33)31-13-15-35-16-14-31/h6-8,17-19,25,30H,4-5,9-16H2,1-3H3. The number of amides is 2. The first-order valence-corrected chi connectivity index (χ1v) is 13.2. The summed E-state index contributed by atoms with van der Waals surface area (Å²) in [5.41, 5.74) is 6.26. The Bertz CT molecular complexity index is 1210. The van der Waals surface area contributed by atoms with E-state index in [1.165, 1.54) is 33.2 Å². The van der Waals surface area contributed by atoms with Crippen molar-refractivity contribution >= 4 is 16.9 Å². The number of aromatic nitrogens is 1. The third-order valence-corrected chi connectivity index (χ3v) is 7.57. The van der Waals surface area contributed by atoms with E-state index >= 15 is 0 Å². The first kappa shape index (κ1) is 24.5. The highest BCUT2D eigenvalue weighted by Gasteiger charge is 2.35. The van der Waals surface area contributed by atoms with Gasteiger partial charge in [-0.25, -0.2) is 4.79 Å². The predicted octanol–water partition coefficient (Wildman–Crippen LogP) is 5.12. The Kier molecular flexibility index (Phi) is 7.37. The molecule has 7 nitrogen and oxygen atoms in total. The zero-order valence-electron chi connectivity index (χ0n) is 21.6. The van der Waals surface area contributed by atoms with Crippen molar-refractivity contribution < 1.29 is 19.0 Å².